The lowest BCUT2D eigenvalue weighted by Gasteiger charge is -2.08. The van der Waals surface area contributed by atoms with Gasteiger partial charge < -0.3 is 4.98 Å². The third-order valence-corrected chi connectivity index (χ3v) is 3.63. The number of pyridine rings is 1. The number of halogens is 2. The lowest BCUT2D eigenvalue weighted by molar-refractivity contribution is 1.06. The van der Waals surface area contributed by atoms with Crippen LogP contribution in [0.3, 0.4) is 0 Å². The van der Waals surface area contributed by atoms with E-state index in [-0.39, 0.29) is 9.92 Å². The third-order valence-electron chi connectivity index (χ3n) is 2.99. The van der Waals surface area contributed by atoms with Crippen LogP contribution in [-0.4, -0.2) is 4.98 Å². The summed E-state index contributed by atoms with van der Waals surface area (Å²) in [6.07, 6.45) is 0.467. The summed E-state index contributed by atoms with van der Waals surface area (Å²) < 4.78 is 0.224. The summed E-state index contributed by atoms with van der Waals surface area (Å²) >= 11 is 11.5. The molecule has 0 radical (unpaired) electrons. The second-order valence-corrected chi connectivity index (χ2v) is 5.27. The molecule has 0 aliphatic rings. The topological polar surface area (TPSA) is 32.9 Å². The van der Waals surface area contributed by atoms with Crippen LogP contribution in [0, 0.1) is 6.92 Å². The van der Waals surface area contributed by atoms with Crippen molar-refractivity contribution in [2.45, 2.75) is 20.3 Å². The van der Waals surface area contributed by atoms with Crippen molar-refractivity contribution in [2.24, 2.45) is 0 Å². The average Bonchev–Trinajstić information content (AvgIpc) is 2.34. The molecule has 0 saturated carbocycles. The molecule has 0 saturated heterocycles. The van der Waals surface area contributed by atoms with E-state index < -0.39 is 0 Å². The van der Waals surface area contributed by atoms with E-state index in [0.717, 1.165) is 16.8 Å². The molecule has 0 spiro atoms. The highest BCUT2D eigenvalue weighted by Gasteiger charge is 2.10. The Hall–Kier alpha value is -1.25. The number of nitrogens with one attached hydrogen (secondary N) is 1. The number of H-pyrrole nitrogens is 1. The van der Waals surface area contributed by atoms with E-state index in [1.165, 1.54) is 0 Å². The van der Waals surface area contributed by atoms with Gasteiger partial charge in [0.1, 0.15) is 4.49 Å². The molecule has 0 unspecified atom stereocenters. The van der Waals surface area contributed by atoms with Crippen molar-refractivity contribution in [2.75, 3.05) is 0 Å². The monoisotopic (exact) mass is 281 g/mol. The van der Waals surface area contributed by atoms with Gasteiger partial charge in [-0.25, -0.2) is 0 Å². The Balaban J connectivity index is 2.65. The first kappa shape index (κ1) is 13.2. The molecule has 18 heavy (non-hydrogen) atoms. The van der Waals surface area contributed by atoms with Crippen LogP contribution in [-0.2, 0) is 6.42 Å². The molecule has 0 aliphatic heterocycles. The van der Waals surface area contributed by atoms with Gasteiger partial charge in [-0.15, -0.1) is 0 Å². The summed E-state index contributed by atoms with van der Waals surface area (Å²) in [6, 6.07) is 7.47. The van der Waals surface area contributed by atoms with E-state index in [1.54, 1.807) is 0 Å². The predicted octanol–water partition coefficient (Wildman–Crippen LogP) is 4.09. The Kier molecular flexibility index (Phi) is 3.79. The van der Waals surface area contributed by atoms with Gasteiger partial charge in [0.2, 0.25) is 0 Å². The van der Waals surface area contributed by atoms with Crippen LogP contribution in [0.1, 0.15) is 18.2 Å². The molecule has 2 aromatic rings. The van der Waals surface area contributed by atoms with Crippen molar-refractivity contribution < 1.29 is 0 Å². The number of aromatic amines is 1. The molecule has 94 valence electrons. The Labute approximate surface area is 115 Å². The highest BCUT2D eigenvalue weighted by Crippen LogP contribution is 2.19. The van der Waals surface area contributed by atoms with Crippen molar-refractivity contribution in [1.82, 2.24) is 4.98 Å². The first-order valence-corrected chi connectivity index (χ1v) is 6.37. The summed E-state index contributed by atoms with van der Waals surface area (Å²) in [4.78, 5) is 15.6. The molecule has 2 nitrogen and oxygen atoms in total. The fourth-order valence-electron chi connectivity index (χ4n) is 1.95. The van der Waals surface area contributed by atoms with E-state index in [4.69, 9.17) is 23.2 Å². The molecular weight excluding hydrogens is 269 g/mol. The van der Waals surface area contributed by atoms with E-state index in [0.29, 0.717) is 17.4 Å². The van der Waals surface area contributed by atoms with Crippen molar-refractivity contribution in [1.29, 1.82) is 0 Å². The average molecular weight is 282 g/mol. The fraction of sp³-hybridized carbons (Fsp3) is 0.214. The van der Waals surface area contributed by atoms with Gasteiger partial charge >= 0.3 is 0 Å². The molecule has 0 atom stereocenters. The molecule has 2 rings (SSSR count). The third kappa shape index (κ3) is 2.45. The Morgan fingerprint density at radius 2 is 1.94 bits per heavy atom. The first-order valence-electron chi connectivity index (χ1n) is 5.62. The number of allylic oxidation sites excluding steroid dienone is 1. The van der Waals surface area contributed by atoms with Gasteiger partial charge in [0.15, 0.2) is 5.43 Å². The minimum absolute atomic E-state index is 0.0378. The zero-order valence-electron chi connectivity index (χ0n) is 10.2. The molecule has 1 aromatic carbocycles. The summed E-state index contributed by atoms with van der Waals surface area (Å²) in [5.74, 6) is 0. The van der Waals surface area contributed by atoms with Gasteiger partial charge in [0, 0.05) is 28.6 Å². The molecule has 0 bridgehead atoms. The Morgan fingerprint density at radius 1 is 1.28 bits per heavy atom. The van der Waals surface area contributed by atoms with Crippen LogP contribution < -0.4 is 5.43 Å². The lowest BCUT2D eigenvalue weighted by Crippen LogP contribution is -2.13. The van der Waals surface area contributed by atoms with Gasteiger partial charge in [-0.3, -0.25) is 4.79 Å². The highest BCUT2D eigenvalue weighted by molar-refractivity contribution is 6.56. The van der Waals surface area contributed by atoms with Crippen LogP contribution in [0.5, 0.6) is 0 Å². The summed E-state index contributed by atoms with van der Waals surface area (Å²) in [6.45, 7) is 3.71. The van der Waals surface area contributed by atoms with Crippen LogP contribution in [0.15, 0.2) is 39.1 Å². The molecule has 1 aromatic heterocycles. The molecule has 0 aliphatic carbocycles. The zero-order chi connectivity index (χ0) is 13.3. The second kappa shape index (κ2) is 5.17. The normalized spacial score (nSPS) is 10.7. The van der Waals surface area contributed by atoms with Crippen molar-refractivity contribution in [3.05, 3.63) is 55.8 Å². The van der Waals surface area contributed by atoms with E-state index in [1.807, 2.05) is 38.1 Å². The van der Waals surface area contributed by atoms with Crippen LogP contribution >= 0.6 is 23.2 Å². The SMILES string of the molecule is CC(Cc1c(C)[nH]c2ccccc2c1=O)=C(Cl)Cl. The van der Waals surface area contributed by atoms with E-state index >= 15 is 0 Å². The van der Waals surface area contributed by atoms with Gasteiger partial charge in [-0.2, -0.15) is 0 Å². The predicted molar refractivity (Wildman–Crippen MR) is 77.4 cm³/mol. The number of para-hydroxylation sites is 1. The molecule has 1 heterocycles. The molecule has 0 fully saturated rings. The van der Waals surface area contributed by atoms with Gasteiger partial charge in [0.25, 0.3) is 0 Å². The van der Waals surface area contributed by atoms with Crippen LogP contribution in [0.25, 0.3) is 10.9 Å². The largest absolute Gasteiger partial charge is 0.358 e. The number of hydrogen-bond donors (Lipinski definition) is 1. The Bertz CT molecular complexity index is 682. The minimum Gasteiger partial charge on any atom is -0.358 e. The lowest BCUT2D eigenvalue weighted by atomic mass is 10.0. The standard InChI is InChI=1S/C14H13Cl2NO/c1-8(14(15)16)7-11-9(2)17-12-6-4-3-5-10(12)13(11)18/h3-6H,7H2,1-2H3,(H,17,18). The van der Waals surface area contributed by atoms with Crippen LogP contribution in [0.4, 0.5) is 0 Å². The van der Waals surface area contributed by atoms with Crippen molar-refractivity contribution in [3.8, 4) is 0 Å². The molecule has 4 heteroatoms. The zero-order valence-corrected chi connectivity index (χ0v) is 11.7. The number of rotatable bonds is 2. The molecule has 1 N–H and O–H groups in total. The van der Waals surface area contributed by atoms with Gasteiger partial charge in [0.05, 0.1) is 0 Å². The maximum Gasteiger partial charge on any atom is 0.193 e. The number of fused-ring (bicyclic) bond motifs is 1. The van der Waals surface area contributed by atoms with E-state index in [2.05, 4.69) is 4.98 Å². The Morgan fingerprint density at radius 3 is 2.61 bits per heavy atom. The quantitative estimate of drug-likeness (QED) is 0.884. The van der Waals surface area contributed by atoms with Crippen molar-refractivity contribution in [3.63, 3.8) is 0 Å². The molecule has 0 amide bonds. The summed E-state index contributed by atoms with van der Waals surface area (Å²) in [7, 11) is 0. The summed E-state index contributed by atoms with van der Waals surface area (Å²) in [5.41, 5.74) is 3.25. The van der Waals surface area contributed by atoms with E-state index in [9.17, 15) is 4.79 Å². The van der Waals surface area contributed by atoms with Gasteiger partial charge in [-0.05, 0) is 31.6 Å². The first-order chi connectivity index (χ1) is 8.50. The number of benzene rings is 1. The smallest absolute Gasteiger partial charge is 0.193 e. The number of aryl methyl sites for hydroxylation is 1. The van der Waals surface area contributed by atoms with Gasteiger partial charge in [-0.1, -0.05) is 35.3 Å². The maximum atomic E-state index is 12.4. The number of aromatic nitrogens is 1. The number of hydrogen-bond acceptors (Lipinski definition) is 1. The summed E-state index contributed by atoms with van der Waals surface area (Å²) in [5, 5.41) is 0.691. The molecular formula is C14H13Cl2NO. The van der Waals surface area contributed by atoms with Crippen LogP contribution in [0.2, 0.25) is 0 Å². The highest BCUT2D eigenvalue weighted by atomic mass is 35.5. The second-order valence-electron chi connectivity index (χ2n) is 4.32. The fourth-order valence-corrected chi connectivity index (χ4v) is 2.08. The maximum absolute atomic E-state index is 12.4. The van der Waals surface area contributed by atoms with Crippen molar-refractivity contribution >= 4 is 34.1 Å². The minimum atomic E-state index is 0.0378.